The standard InChI is InChI=1S/C16H16ClF5N4O3S.H2S/c1-3-11(16(20,21)22)25-30(28,29)10-7-26(2)13(12(10)17)15(27)24-8-4-5-23-9(6-8)14(18)19;/h4-7,11,14,25H,3H2,1-2H3,(H,23,24,27);1H2/t11-;/m0./s1. The largest absolute Gasteiger partial charge is 0.404 e. The maximum absolute atomic E-state index is 12.9. The fourth-order valence-corrected chi connectivity index (χ4v) is 4.49. The average molecular weight is 509 g/mol. The number of carbonyl (C=O) groups is 1. The number of nitrogens with one attached hydrogen (secondary N) is 2. The van der Waals surface area contributed by atoms with E-state index >= 15 is 0 Å². The van der Waals surface area contributed by atoms with Gasteiger partial charge in [-0.05, 0) is 18.6 Å². The van der Waals surface area contributed by atoms with Gasteiger partial charge in [0.1, 0.15) is 22.3 Å². The SMILES string of the molecule is CC[C@H](NS(=O)(=O)c1cn(C)c(C(=O)Nc2ccnc(C(F)F)c2)c1Cl)C(F)(F)F.S. The molecule has 0 fully saturated rings. The summed E-state index contributed by atoms with van der Waals surface area (Å²) in [7, 11) is -3.48. The van der Waals surface area contributed by atoms with Crippen molar-refractivity contribution in [1.29, 1.82) is 0 Å². The highest BCUT2D eigenvalue weighted by atomic mass is 35.5. The Morgan fingerprint density at radius 1 is 1.32 bits per heavy atom. The van der Waals surface area contributed by atoms with Crippen LogP contribution < -0.4 is 10.0 Å². The van der Waals surface area contributed by atoms with Gasteiger partial charge in [0.15, 0.2) is 0 Å². The van der Waals surface area contributed by atoms with Crippen LogP contribution in [0.3, 0.4) is 0 Å². The highest BCUT2D eigenvalue weighted by Gasteiger charge is 2.42. The number of rotatable bonds is 7. The minimum absolute atomic E-state index is 0. The molecule has 2 N–H and O–H groups in total. The predicted octanol–water partition coefficient (Wildman–Crippen LogP) is 4.00. The van der Waals surface area contributed by atoms with Gasteiger partial charge in [-0.3, -0.25) is 9.78 Å². The summed E-state index contributed by atoms with van der Waals surface area (Å²) in [6, 6.07) is -0.219. The number of aryl methyl sites for hydroxylation is 1. The fraction of sp³-hybridized carbons (Fsp3) is 0.375. The van der Waals surface area contributed by atoms with Gasteiger partial charge < -0.3 is 9.88 Å². The maximum atomic E-state index is 12.9. The molecule has 2 aromatic rings. The number of hydrogen-bond acceptors (Lipinski definition) is 4. The topological polar surface area (TPSA) is 93.1 Å². The van der Waals surface area contributed by atoms with Crippen molar-refractivity contribution >= 4 is 46.7 Å². The van der Waals surface area contributed by atoms with Crippen LogP contribution in [0.4, 0.5) is 27.6 Å². The van der Waals surface area contributed by atoms with Crippen LogP contribution in [0.25, 0.3) is 0 Å². The van der Waals surface area contributed by atoms with Crippen molar-refractivity contribution in [2.24, 2.45) is 7.05 Å². The fourth-order valence-electron chi connectivity index (χ4n) is 2.48. The van der Waals surface area contributed by atoms with Gasteiger partial charge in [0.25, 0.3) is 12.3 Å². The Kier molecular flexibility index (Phi) is 8.88. The summed E-state index contributed by atoms with van der Waals surface area (Å²) in [6.45, 7) is 1.15. The molecule has 0 unspecified atom stereocenters. The highest BCUT2D eigenvalue weighted by Crippen LogP contribution is 2.30. The summed E-state index contributed by atoms with van der Waals surface area (Å²) in [4.78, 5) is 15.2. The molecule has 2 aromatic heterocycles. The van der Waals surface area contributed by atoms with Crippen LogP contribution in [0, 0.1) is 0 Å². The molecule has 15 heteroatoms. The van der Waals surface area contributed by atoms with Crippen molar-refractivity contribution in [2.75, 3.05) is 5.32 Å². The van der Waals surface area contributed by atoms with Gasteiger partial charge in [0.2, 0.25) is 10.0 Å². The third-order valence-electron chi connectivity index (χ3n) is 3.96. The molecule has 0 aliphatic rings. The van der Waals surface area contributed by atoms with Crippen molar-refractivity contribution in [3.63, 3.8) is 0 Å². The van der Waals surface area contributed by atoms with E-state index in [1.807, 2.05) is 0 Å². The summed E-state index contributed by atoms with van der Waals surface area (Å²) in [5.41, 5.74) is -1.06. The molecule has 1 amide bonds. The van der Waals surface area contributed by atoms with E-state index in [1.165, 1.54) is 17.8 Å². The molecule has 0 saturated carbocycles. The Hall–Kier alpha value is -1.90. The van der Waals surface area contributed by atoms with E-state index in [4.69, 9.17) is 11.6 Å². The van der Waals surface area contributed by atoms with E-state index < -0.39 is 62.3 Å². The second-order valence-corrected chi connectivity index (χ2v) is 8.18. The van der Waals surface area contributed by atoms with Crippen LogP contribution in [0.5, 0.6) is 0 Å². The number of carbonyl (C=O) groups excluding carboxylic acids is 1. The average Bonchev–Trinajstić information content (AvgIpc) is 2.94. The molecule has 31 heavy (non-hydrogen) atoms. The van der Waals surface area contributed by atoms with Crippen LogP contribution in [0.1, 0.15) is 36.0 Å². The minimum atomic E-state index is -4.83. The summed E-state index contributed by atoms with van der Waals surface area (Å²) < 4.78 is 91.6. The molecule has 0 aromatic carbocycles. The van der Waals surface area contributed by atoms with Gasteiger partial charge >= 0.3 is 6.18 Å². The lowest BCUT2D eigenvalue weighted by atomic mass is 10.2. The second kappa shape index (κ2) is 10.1. The van der Waals surface area contributed by atoms with Gasteiger partial charge in [-0.2, -0.15) is 31.4 Å². The Balaban J connectivity index is 0.00000480. The van der Waals surface area contributed by atoms with Gasteiger partial charge in [-0.1, -0.05) is 18.5 Å². The van der Waals surface area contributed by atoms with Crippen molar-refractivity contribution in [2.45, 2.75) is 36.9 Å². The zero-order valence-electron chi connectivity index (χ0n) is 16.0. The van der Waals surface area contributed by atoms with Crippen LogP contribution in [0.2, 0.25) is 5.02 Å². The number of hydrogen-bond donors (Lipinski definition) is 2. The number of alkyl halides is 5. The van der Waals surface area contributed by atoms with Gasteiger partial charge in [0.05, 0.1) is 5.02 Å². The Labute approximate surface area is 186 Å². The Morgan fingerprint density at radius 2 is 1.94 bits per heavy atom. The van der Waals surface area contributed by atoms with Gasteiger partial charge in [0, 0.05) is 25.1 Å². The van der Waals surface area contributed by atoms with Crippen LogP contribution in [0.15, 0.2) is 29.4 Å². The quantitative estimate of drug-likeness (QED) is 0.553. The van der Waals surface area contributed by atoms with Crippen molar-refractivity contribution in [1.82, 2.24) is 14.3 Å². The third kappa shape index (κ3) is 6.30. The summed E-state index contributed by atoms with van der Waals surface area (Å²) in [5.74, 6) is -0.960. The molecule has 2 rings (SSSR count). The molecule has 0 spiro atoms. The van der Waals surface area contributed by atoms with Crippen LogP contribution in [-0.2, 0) is 17.1 Å². The number of nitrogens with zero attached hydrogens (tertiary/aromatic N) is 2. The second-order valence-electron chi connectivity index (χ2n) is 6.11. The van der Waals surface area contributed by atoms with Crippen LogP contribution >= 0.6 is 25.1 Å². The van der Waals surface area contributed by atoms with E-state index in [0.29, 0.717) is 0 Å². The lowest BCUT2D eigenvalue weighted by Gasteiger charge is -2.19. The van der Waals surface area contributed by atoms with E-state index in [2.05, 4.69) is 10.3 Å². The summed E-state index contributed by atoms with van der Waals surface area (Å²) in [6.07, 6.45) is -6.36. The minimum Gasteiger partial charge on any atom is -0.344 e. The molecule has 0 bridgehead atoms. The van der Waals surface area contributed by atoms with Gasteiger partial charge in [-0.15, -0.1) is 0 Å². The van der Waals surface area contributed by atoms with E-state index in [1.54, 1.807) is 0 Å². The first-order valence-electron chi connectivity index (χ1n) is 8.27. The third-order valence-corrected chi connectivity index (χ3v) is 5.93. The van der Waals surface area contributed by atoms with Crippen molar-refractivity contribution in [3.05, 3.63) is 40.9 Å². The molecule has 0 radical (unpaired) electrons. The molecule has 7 nitrogen and oxygen atoms in total. The molecule has 0 saturated heterocycles. The lowest BCUT2D eigenvalue weighted by molar-refractivity contribution is -0.151. The Bertz CT molecular complexity index is 1040. The number of amides is 1. The smallest absolute Gasteiger partial charge is 0.344 e. The van der Waals surface area contributed by atoms with Crippen molar-refractivity contribution in [3.8, 4) is 0 Å². The molecule has 0 aliphatic carbocycles. The molecular weight excluding hydrogens is 491 g/mol. The number of aromatic nitrogens is 2. The van der Waals surface area contributed by atoms with E-state index in [9.17, 15) is 35.2 Å². The lowest BCUT2D eigenvalue weighted by Crippen LogP contribution is -2.44. The number of halogens is 6. The Morgan fingerprint density at radius 3 is 2.45 bits per heavy atom. The summed E-state index contributed by atoms with van der Waals surface area (Å²) in [5, 5.41) is 1.64. The molecule has 174 valence electrons. The first kappa shape index (κ1) is 27.1. The van der Waals surface area contributed by atoms with Crippen molar-refractivity contribution < 1.29 is 35.2 Å². The molecular formula is C16H18ClF5N4O3S2. The van der Waals surface area contributed by atoms with Crippen LogP contribution in [-0.4, -0.2) is 36.1 Å². The maximum Gasteiger partial charge on any atom is 0.404 e. The van der Waals surface area contributed by atoms with E-state index in [0.717, 1.165) is 30.0 Å². The number of anilines is 1. The molecule has 1 atom stereocenters. The molecule has 2 heterocycles. The van der Waals surface area contributed by atoms with E-state index in [-0.39, 0.29) is 19.2 Å². The predicted molar refractivity (Wildman–Crippen MR) is 108 cm³/mol. The number of pyridine rings is 1. The highest BCUT2D eigenvalue weighted by molar-refractivity contribution is 7.89. The summed E-state index contributed by atoms with van der Waals surface area (Å²) >= 11 is 5.98. The van der Waals surface area contributed by atoms with Gasteiger partial charge in [-0.25, -0.2) is 17.2 Å². The normalized spacial score (nSPS) is 13.1. The first-order chi connectivity index (χ1) is 13.8. The number of sulfonamides is 1. The first-order valence-corrected chi connectivity index (χ1v) is 10.1. The monoisotopic (exact) mass is 508 g/mol. The molecule has 0 aliphatic heterocycles. The zero-order chi connectivity index (χ0) is 22.9. The zero-order valence-corrected chi connectivity index (χ0v) is 18.5.